The number of hydrogen-bond acceptors (Lipinski definition) is 3. The molecule has 0 unspecified atom stereocenters. The van der Waals surface area contributed by atoms with Gasteiger partial charge in [0.25, 0.3) is 0 Å². The van der Waals surface area contributed by atoms with Gasteiger partial charge in [-0.15, -0.1) is 0 Å². The molecule has 1 heterocycles. The van der Waals surface area contributed by atoms with Crippen molar-refractivity contribution in [3.8, 4) is 0 Å². The normalized spacial score (nSPS) is 13.3. The first-order valence-corrected chi connectivity index (χ1v) is 4.02. The molecule has 0 aliphatic rings. The average Bonchev–Trinajstić information content (AvgIpc) is 2.07. The van der Waals surface area contributed by atoms with Crippen molar-refractivity contribution in [2.75, 3.05) is 20.6 Å². The Bertz CT molecular complexity index is 220. The fourth-order valence-corrected chi connectivity index (χ4v) is 1.22. The van der Waals surface area contributed by atoms with Crippen LogP contribution in [0.3, 0.4) is 0 Å². The molecule has 2 N–H and O–H groups in total. The Kier molecular flexibility index (Phi) is 3.19. The highest BCUT2D eigenvalue weighted by Gasteiger charge is 2.10. The van der Waals surface area contributed by atoms with Crippen molar-refractivity contribution >= 4 is 0 Å². The number of likely N-dealkylation sites (N-methyl/N-ethyl adjacent to an activating group) is 1. The van der Waals surface area contributed by atoms with E-state index in [1.807, 2.05) is 32.4 Å². The molecule has 0 amide bonds. The number of nitrogens with two attached hydrogens (primary N) is 1. The molecule has 0 spiro atoms. The number of rotatable bonds is 3. The first-order chi connectivity index (χ1) is 5.75. The SMILES string of the molecule is CN(C)[C@@H](CN)c1cccnc1. The van der Waals surface area contributed by atoms with Crippen LogP contribution in [0.2, 0.25) is 0 Å². The van der Waals surface area contributed by atoms with E-state index >= 15 is 0 Å². The second-order valence-corrected chi connectivity index (χ2v) is 3.00. The first-order valence-electron chi connectivity index (χ1n) is 4.02. The highest BCUT2D eigenvalue weighted by molar-refractivity contribution is 5.13. The zero-order valence-electron chi connectivity index (χ0n) is 7.57. The maximum atomic E-state index is 5.64. The Morgan fingerprint density at radius 1 is 1.58 bits per heavy atom. The van der Waals surface area contributed by atoms with E-state index in [0.29, 0.717) is 6.54 Å². The maximum Gasteiger partial charge on any atom is 0.0479 e. The van der Waals surface area contributed by atoms with E-state index in [1.165, 1.54) is 5.56 Å². The minimum Gasteiger partial charge on any atom is -0.329 e. The Balaban J connectivity index is 2.80. The van der Waals surface area contributed by atoms with Crippen molar-refractivity contribution in [3.05, 3.63) is 30.1 Å². The molecule has 1 aromatic heterocycles. The van der Waals surface area contributed by atoms with Crippen molar-refractivity contribution < 1.29 is 0 Å². The molecule has 0 aromatic carbocycles. The van der Waals surface area contributed by atoms with Crippen molar-refractivity contribution in [3.63, 3.8) is 0 Å². The van der Waals surface area contributed by atoms with Gasteiger partial charge in [-0.2, -0.15) is 0 Å². The third-order valence-electron chi connectivity index (χ3n) is 1.92. The van der Waals surface area contributed by atoms with Crippen LogP contribution in [-0.2, 0) is 0 Å². The van der Waals surface area contributed by atoms with E-state index in [9.17, 15) is 0 Å². The standard InChI is InChI=1S/C9H15N3/c1-12(2)9(6-10)8-4-3-5-11-7-8/h3-5,7,9H,6,10H2,1-2H3/t9-/m0/s1. The van der Waals surface area contributed by atoms with E-state index in [4.69, 9.17) is 5.73 Å². The van der Waals surface area contributed by atoms with Gasteiger partial charge in [0, 0.05) is 25.0 Å². The van der Waals surface area contributed by atoms with Crippen LogP contribution in [0, 0.1) is 0 Å². The highest BCUT2D eigenvalue weighted by atomic mass is 15.1. The summed E-state index contributed by atoms with van der Waals surface area (Å²) in [6, 6.07) is 4.25. The van der Waals surface area contributed by atoms with Gasteiger partial charge >= 0.3 is 0 Å². The molecular weight excluding hydrogens is 150 g/mol. The predicted molar refractivity (Wildman–Crippen MR) is 49.7 cm³/mol. The highest BCUT2D eigenvalue weighted by Crippen LogP contribution is 2.14. The lowest BCUT2D eigenvalue weighted by atomic mass is 10.1. The lowest BCUT2D eigenvalue weighted by Gasteiger charge is -2.22. The third-order valence-corrected chi connectivity index (χ3v) is 1.92. The molecule has 12 heavy (non-hydrogen) atoms. The number of hydrogen-bond donors (Lipinski definition) is 1. The summed E-state index contributed by atoms with van der Waals surface area (Å²) in [4.78, 5) is 6.15. The van der Waals surface area contributed by atoms with E-state index in [0.717, 1.165) is 0 Å². The van der Waals surface area contributed by atoms with E-state index in [-0.39, 0.29) is 6.04 Å². The van der Waals surface area contributed by atoms with Crippen molar-refractivity contribution in [1.29, 1.82) is 0 Å². The minimum absolute atomic E-state index is 0.277. The summed E-state index contributed by atoms with van der Waals surface area (Å²) < 4.78 is 0. The van der Waals surface area contributed by atoms with Gasteiger partial charge in [0.05, 0.1) is 0 Å². The average molecular weight is 165 g/mol. The molecule has 0 aliphatic heterocycles. The Hall–Kier alpha value is -0.930. The van der Waals surface area contributed by atoms with Crippen LogP contribution in [0.4, 0.5) is 0 Å². The molecule has 1 atom stereocenters. The quantitative estimate of drug-likeness (QED) is 0.714. The topological polar surface area (TPSA) is 42.1 Å². The van der Waals surface area contributed by atoms with Crippen LogP contribution in [0.25, 0.3) is 0 Å². The Morgan fingerprint density at radius 3 is 2.75 bits per heavy atom. The van der Waals surface area contributed by atoms with Gasteiger partial charge in [-0.1, -0.05) is 6.07 Å². The fourth-order valence-electron chi connectivity index (χ4n) is 1.22. The van der Waals surface area contributed by atoms with E-state index < -0.39 is 0 Å². The largest absolute Gasteiger partial charge is 0.329 e. The predicted octanol–water partition coefficient (Wildman–Crippen LogP) is 0.643. The minimum atomic E-state index is 0.277. The van der Waals surface area contributed by atoms with Gasteiger partial charge in [0.1, 0.15) is 0 Å². The Labute approximate surface area is 73.2 Å². The molecule has 0 radical (unpaired) electrons. The molecule has 3 nitrogen and oxygen atoms in total. The molecule has 1 aromatic rings. The zero-order chi connectivity index (χ0) is 8.97. The van der Waals surface area contributed by atoms with Gasteiger partial charge in [-0.05, 0) is 25.7 Å². The molecule has 0 bridgehead atoms. The van der Waals surface area contributed by atoms with Crippen molar-refractivity contribution in [2.24, 2.45) is 5.73 Å². The molecule has 66 valence electrons. The second-order valence-electron chi connectivity index (χ2n) is 3.00. The summed E-state index contributed by atoms with van der Waals surface area (Å²) in [5.41, 5.74) is 6.81. The first kappa shape index (κ1) is 9.16. The van der Waals surface area contributed by atoms with Gasteiger partial charge < -0.3 is 10.6 Å². The number of pyridine rings is 1. The summed E-state index contributed by atoms with van der Waals surface area (Å²) >= 11 is 0. The van der Waals surface area contributed by atoms with Crippen LogP contribution in [0.15, 0.2) is 24.5 Å². The van der Waals surface area contributed by atoms with Gasteiger partial charge in [-0.3, -0.25) is 4.98 Å². The molecule has 0 saturated heterocycles. The van der Waals surface area contributed by atoms with Gasteiger partial charge in [0.15, 0.2) is 0 Å². The summed E-state index contributed by atoms with van der Waals surface area (Å²) in [6.07, 6.45) is 3.63. The molecule has 0 fully saturated rings. The molecule has 3 heteroatoms. The van der Waals surface area contributed by atoms with Gasteiger partial charge in [-0.25, -0.2) is 0 Å². The molecular formula is C9H15N3. The maximum absolute atomic E-state index is 5.64. The fraction of sp³-hybridized carbons (Fsp3) is 0.444. The number of aromatic nitrogens is 1. The van der Waals surface area contributed by atoms with E-state index in [1.54, 1.807) is 6.20 Å². The van der Waals surface area contributed by atoms with Gasteiger partial charge in [0.2, 0.25) is 0 Å². The lowest BCUT2D eigenvalue weighted by Crippen LogP contribution is -2.27. The van der Waals surface area contributed by atoms with Crippen LogP contribution >= 0.6 is 0 Å². The summed E-state index contributed by atoms with van der Waals surface area (Å²) in [5, 5.41) is 0. The monoisotopic (exact) mass is 165 g/mol. The lowest BCUT2D eigenvalue weighted by molar-refractivity contribution is 0.305. The van der Waals surface area contributed by atoms with Crippen LogP contribution in [-0.4, -0.2) is 30.5 Å². The van der Waals surface area contributed by atoms with Crippen LogP contribution in [0.1, 0.15) is 11.6 Å². The van der Waals surface area contributed by atoms with Crippen LogP contribution in [0.5, 0.6) is 0 Å². The van der Waals surface area contributed by atoms with Crippen molar-refractivity contribution in [1.82, 2.24) is 9.88 Å². The van der Waals surface area contributed by atoms with Crippen LogP contribution < -0.4 is 5.73 Å². The van der Waals surface area contributed by atoms with Crippen molar-refractivity contribution in [2.45, 2.75) is 6.04 Å². The number of nitrogens with zero attached hydrogens (tertiary/aromatic N) is 2. The Morgan fingerprint density at radius 2 is 2.33 bits per heavy atom. The summed E-state index contributed by atoms with van der Waals surface area (Å²) in [5.74, 6) is 0. The van der Waals surface area contributed by atoms with E-state index in [2.05, 4.69) is 9.88 Å². The smallest absolute Gasteiger partial charge is 0.0479 e. The molecule has 0 aliphatic carbocycles. The third kappa shape index (κ3) is 2.03. The summed E-state index contributed by atoms with van der Waals surface area (Å²) in [6.45, 7) is 0.624. The zero-order valence-corrected chi connectivity index (χ0v) is 7.57. The molecule has 1 rings (SSSR count). The second kappa shape index (κ2) is 4.18. The molecule has 0 saturated carbocycles. The summed E-state index contributed by atoms with van der Waals surface area (Å²) in [7, 11) is 4.04.